The molecule has 0 fully saturated rings. The molecule has 0 saturated carbocycles. The van der Waals surface area contributed by atoms with Crippen LogP contribution in [0.15, 0.2) is 28.9 Å². The van der Waals surface area contributed by atoms with Crippen molar-refractivity contribution >= 4 is 27.5 Å². The predicted molar refractivity (Wildman–Crippen MR) is 78.6 cm³/mol. The molecule has 0 radical (unpaired) electrons. The summed E-state index contributed by atoms with van der Waals surface area (Å²) in [5.74, 6) is 5.68. The highest BCUT2D eigenvalue weighted by Gasteiger charge is 2.18. The number of hydrazine groups is 1. The van der Waals surface area contributed by atoms with Gasteiger partial charge in [0.25, 0.3) is 0 Å². The summed E-state index contributed by atoms with van der Waals surface area (Å²) >= 11 is 9.50. The number of rotatable bonds is 5. The molecule has 1 aromatic carbocycles. The minimum Gasteiger partial charge on any atom is -0.271 e. The summed E-state index contributed by atoms with van der Waals surface area (Å²) in [6, 6.07) is 5.55. The first-order chi connectivity index (χ1) is 9.17. The van der Waals surface area contributed by atoms with Crippen molar-refractivity contribution in [2.24, 2.45) is 5.84 Å². The zero-order valence-electron chi connectivity index (χ0n) is 10.5. The van der Waals surface area contributed by atoms with Gasteiger partial charge in [-0.15, -0.1) is 5.10 Å². The quantitative estimate of drug-likeness (QED) is 0.646. The number of nitrogens with one attached hydrogen (secondary N) is 1. The summed E-state index contributed by atoms with van der Waals surface area (Å²) < 4.78 is 2.70. The molecule has 1 atom stereocenters. The summed E-state index contributed by atoms with van der Waals surface area (Å²) in [5, 5.41) is 8.66. The number of benzene rings is 1. The van der Waals surface area contributed by atoms with E-state index in [9.17, 15) is 0 Å². The van der Waals surface area contributed by atoms with Crippen LogP contribution in [0.25, 0.3) is 0 Å². The largest absolute Gasteiger partial charge is 0.271 e. The average molecular weight is 345 g/mol. The lowest BCUT2D eigenvalue weighted by molar-refractivity contribution is 0.512. The molecule has 0 bridgehead atoms. The number of aryl methyl sites for hydroxylation is 1. The van der Waals surface area contributed by atoms with E-state index in [2.05, 4.69) is 38.6 Å². The van der Waals surface area contributed by atoms with Crippen LogP contribution in [-0.2, 0) is 6.54 Å². The Morgan fingerprint density at radius 3 is 2.95 bits per heavy atom. The molecule has 19 heavy (non-hydrogen) atoms. The van der Waals surface area contributed by atoms with Crippen LogP contribution in [0.1, 0.15) is 30.6 Å². The average Bonchev–Trinajstić information content (AvgIpc) is 2.83. The van der Waals surface area contributed by atoms with Gasteiger partial charge < -0.3 is 0 Å². The van der Waals surface area contributed by atoms with Crippen LogP contribution in [-0.4, -0.2) is 15.0 Å². The highest BCUT2D eigenvalue weighted by Crippen LogP contribution is 2.28. The van der Waals surface area contributed by atoms with Crippen molar-refractivity contribution in [3.05, 3.63) is 45.1 Å². The number of nitrogens with two attached hydrogens (primary N) is 1. The highest BCUT2D eigenvalue weighted by atomic mass is 79.9. The molecule has 0 spiro atoms. The smallest absolute Gasteiger partial charge is 0.0895 e. The SMILES string of the molecule is CCCn1nncc1C(NN)c1ccc(Br)c(Cl)c1. The van der Waals surface area contributed by atoms with Crippen molar-refractivity contribution in [3.8, 4) is 0 Å². The maximum absolute atomic E-state index is 6.12. The van der Waals surface area contributed by atoms with Gasteiger partial charge in [0.2, 0.25) is 0 Å². The third-order valence-corrected chi connectivity index (χ3v) is 4.05. The van der Waals surface area contributed by atoms with Gasteiger partial charge in [0.05, 0.1) is 23.0 Å². The lowest BCUT2D eigenvalue weighted by Crippen LogP contribution is -2.30. The first-order valence-electron chi connectivity index (χ1n) is 5.96. The highest BCUT2D eigenvalue weighted by molar-refractivity contribution is 9.10. The Morgan fingerprint density at radius 2 is 2.32 bits per heavy atom. The second-order valence-corrected chi connectivity index (χ2v) is 5.42. The minimum atomic E-state index is -0.188. The fourth-order valence-corrected chi connectivity index (χ4v) is 2.35. The van der Waals surface area contributed by atoms with Crippen LogP contribution in [0, 0.1) is 0 Å². The Hall–Kier alpha value is -0.950. The molecule has 1 aromatic heterocycles. The summed E-state index contributed by atoms with van der Waals surface area (Å²) in [6.45, 7) is 2.89. The second kappa shape index (κ2) is 6.47. The molecule has 102 valence electrons. The van der Waals surface area contributed by atoms with E-state index in [1.807, 2.05) is 22.9 Å². The monoisotopic (exact) mass is 343 g/mol. The van der Waals surface area contributed by atoms with E-state index in [1.54, 1.807) is 6.20 Å². The Bertz CT molecular complexity index is 557. The van der Waals surface area contributed by atoms with Gasteiger partial charge in [-0.2, -0.15) is 0 Å². The van der Waals surface area contributed by atoms with Crippen LogP contribution in [0.3, 0.4) is 0 Å². The van der Waals surface area contributed by atoms with E-state index < -0.39 is 0 Å². The molecule has 7 heteroatoms. The number of halogens is 2. The first kappa shape index (κ1) is 14.5. The number of hydrogen-bond donors (Lipinski definition) is 2. The van der Waals surface area contributed by atoms with Crippen molar-refractivity contribution in [3.63, 3.8) is 0 Å². The molecule has 0 aliphatic heterocycles. The van der Waals surface area contributed by atoms with Gasteiger partial charge in [0, 0.05) is 11.0 Å². The van der Waals surface area contributed by atoms with Gasteiger partial charge in [-0.05, 0) is 40.0 Å². The van der Waals surface area contributed by atoms with E-state index in [0.717, 1.165) is 28.7 Å². The molecule has 0 aliphatic carbocycles. The van der Waals surface area contributed by atoms with Gasteiger partial charge in [-0.25, -0.2) is 10.1 Å². The fraction of sp³-hybridized carbons (Fsp3) is 0.333. The molecule has 2 rings (SSSR count). The first-order valence-corrected chi connectivity index (χ1v) is 7.14. The standard InChI is InChI=1S/C12H15BrClN5/c1-2-5-19-11(7-16-18-19)12(17-15)8-3-4-9(13)10(14)6-8/h3-4,6-7,12,17H,2,5,15H2,1H3. The molecular formula is C12H15BrClN5. The summed E-state index contributed by atoms with van der Waals surface area (Å²) in [6.07, 6.45) is 2.70. The third kappa shape index (κ3) is 3.14. The summed E-state index contributed by atoms with van der Waals surface area (Å²) in [7, 11) is 0. The van der Waals surface area contributed by atoms with Crippen molar-refractivity contribution in [1.82, 2.24) is 20.4 Å². The zero-order valence-corrected chi connectivity index (χ0v) is 12.8. The van der Waals surface area contributed by atoms with E-state index in [4.69, 9.17) is 17.4 Å². The van der Waals surface area contributed by atoms with Crippen LogP contribution in [0.5, 0.6) is 0 Å². The van der Waals surface area contributed by atoms with Gasteiger partial charge in [0.15, 0.2) is 0 Å². The number of nitrogens with zero attached hydrogens (tertiary/aromatic N) is 3. The molecule has 2 aromatic rings. The lowest BCUT2D eigenvalue weighted by atomic mass is 10.0. The van der Waals surface area contributed by atoms with Gasteiger partial charge in [0.1, 0.15) is 0 Å². The maximum atomic E-state index is 6.12. The Labute approximate surface area is 125 Å². The predicted octanol–water partition coefficient (Wildman–Crippen LogP) is 2.66. The molecule has 0 aliphatic rings. The molecule has 3 N–H and O–H groups in total. The molecule has 1 heterocycles. The second-order valence-electron chi connectivity index (χ2n) is 4.16. The van der Waals surface area contributed by atoms with E-state index in [-0.39, 0.29) is 6.04 Å². The van der Waals surface area contributed by atoms with E-state index in [1.165, 1.54) is 0 Å². The zero-order chi connectivity index (χ0) is 13.8. The van der Waals surface area contributed by atoms with Gasteiger partial charge in [-0.1, -0.05) is 29.8 Å². The Morgan fingerprint density at radius 1 is 1.53 bits per heavy atom. The molecule has 0 amide bonds. The Kier molecular flexibility index (Phi) is 4.93. The number of aromatic nitrogens is 3. The van der Waals surface area contributed by atoms with Crippen molar-refractivity contribution in [1.29, 1.82) is 0 Å². The van der Waals surface area contributed by atoms with Gasteiger partial charge >= 0.3 is 0 Å². The molecule has 1 unspecified atom stereocenters. The van der Waals surface area contributed by atoms with Crippen LogP contribution < -0.4 is 11.3 Å². The third-order valence-electron chi connectivity index (χ3n) is 2.82. The number of hydrogen-bond acceptors (Lipinski definition) is 4. The summed E-state index contributed by atoms with van der Waals surface area (Å²) in [4.78, 5) is 0. The van der Waals surface area contributed by atoms with Gasteiger partial charge in [-0.3, -0.25) is 5.84 Å². The van der Waals surface area contributed by atoms with E-state index >= 15 is 0 Å². The molecule has 5 nitrogen and oxygen atoms in total. The normalized spacial score (nSPS) is 12.6. The van der Waals surface area contributed by atoms with Crippen LogP contribution in [0.4, 0.5) is 0 Å². The maximum Gasteiger partial charge on any atom is 0.0895 e. The van der Waals surface area contributed by atoms with Crippen molar-refractivity contribution < 1.29 is 0 Å². The van der Waals surface area contributed by atoms with Crippen molar-refractivity contribution in [2.45, 2.75) is 25.9 Å². The molecular weight excluding hydrogens is 330 g/mol. The topological polar surface area (TPSA) is 68.8 Å². The fourth-order valence-electron chi connectivity index (χ4n) is 1.92. The van der Waals surface area contributed by atoms with Crippen LogP contribution in [0.2, 0.25) is 5.02 Å². The Balaban J connectivity index is 2.38. The van der Waals surface area contributed by atoms with Crippen LogP contribution >= 0.6 is 27.5 Å². The lowest BCUT2D eigenvalue weighted by Gasteiger charge is -2.17. The van der Waals surface area contributed by atoms with Crippen molar-refractivity contribution in [2.75, 3.05) is 0 Å². The summed E-state index contributed by atoms with van der Waals surface area (Å²) in [5.41, 5.74) is 4.68. The van der Waals surface area contributed by atoms with E-state index in [0.29, 0.717) is 5.02 Å². The molecule has 0 saturated heterocycles. The minimum absolute atomic E-state index is 0.188.